The van der Waals surface area contributed by atoms with E-state index in [4.69, 9.17) is 4.74 Å². The Balaban J connectivity index is 0. The van der Waals surface area contributed by atoms with E-state index < -0.39 is 22.8 Å². The molecule has 0 unspecified atom stereocenters. The Bertz CT molecular complexity index is 463. The summed E-state index contributed by atoms with van der Waals surface area (Å²) >= 11 is 0. The van der Waals surface area contributed by atoms with Crippen molar-refractivity contribution in [1.82, 2.24) is 0 Å². The molecule has 0 saturated carbocycles. The summed E-state index contributed by atoms with van der Waals surface area (Å²) in [5.41, 5.74) is -3.17. The molecule has 0 fully saturated rings. The number of esters is 1. The third-order valence-corrected chi connectivity index (χ3v) is 3.26. The Labute approximate surface area is 169 Å². The molecule has 0 atom stereocenters. The Morgan fingerprint density at radius 1 is 0.818 bits per heavy atom. The first-order valence-corrected chi connectivity index (χ1v) is 6.77. The van der Waals surface area contributed by atoms with E-state index in [0.717, 1.165) is 0 Å². The summed E-state index contributed by atoms with van der Waals surface area (Å²) in [5, 5.41) is 11.9. The van der Waals surface area contributed by atoms with Gasteiger partial charge in [0.15, 0.2) is 0 Å². The zero-order valence-corrected chi connectivity index (χ0v) is 17.4. The van der Waals surface area contributed by atoms with Gasteiger partial charge in [0.1, 0.15) is 5.41 Å². The van der Waals surface area contributed by atoms with Crippen LogP contribution in [0.1, 0.15) is 27.7 Å². The van der Waals surface area contributed by atoms with Crippen LogP contribution in [-0.2, 0) is 14.3 Å². The van der Waals surface area contributed by atoms with Gasteiger partial charge in [-0.1, -0.05) is 48.6 Å². The maximum absolute atomic E-state index is 12.4. The third kappa shape index (κ3) is 4.44. The van der Waals surface area contributed by atoms with Crippen LogP contribution in [0.3, 0.4) is 0 Å². The van der Waals surface area contributed by atoms with Gasteiger partial charge in [0.25, 0.3) is 0 Å². The molecule has 5 heteroatoms. The van der Waals surface area contributed by atoms with E-state index in [-0.39, 0.29) is 45.5 Å². The van der Waals surface area contributed by atoms with Crippen LogP contribution in [0.5, 0.6) is 0 Å². The van der Waals surface area contributed by atoms with Gasteiger partial charge < -0.3 is 14.6 Å². The minimum absolute atomic E-state index is 0. The number of carbonyl (C=O) groups is 2. The van der Waals surface area contributed by atoms with Crippen molar-refractivity contribution >= 4 is 57.4 Å². The Morgan fingerprint density at radius 2 is 1.14 bits per heavy atom. The molecule has 0 spiro atoms. The van der Waals surface area contributed by atoms with Gasteiger partial charge in [-0.3, -0.25) is 4.79 Å². The normalized spacial score (nSPS) is 13.1. The van der Waals surface area contributed by atoms with Crippen LogP contribution < -0.4 is 5.11 Å². The Hall–Kier alpha value is -0.619. The number of rotatable bonds is 7. The van der Waals surface area contributed by atoms with Gasteiger partial charge in [0.2, 0.25) is 0 Å². The van der Waals surface area contributed by atoms with Crippen molar-refractivity contribution in [2.75, 3.05) is 7.11 Å². The molecule has 0 N–H and O–H groups in total. The van der Waals surface area contributed by atoms with Crippen molar-refractivity contribution in [1.29, 1.82) is 0 Å². The number of allylic oxidation sites excluding steroid dienone is 4. The van der Waals surface area contributed by atoms with Crippen LogP contribution in [0.4, 0.5) is 0 Å². The fraction of sp³-hybridized carbons (Fsp3) is 0.412. The number of hydrogen-bond acceptors (Lipinski definition) is 4. The first kappa shape index (κ1) is 23.6. The molecule has 4 nitrogen and oxygen atoms in total. The third-order valence-electron chi connectivity index (χ3n) is 3.26. The minimum atomic E-state index is -1.66. The topological polar surface area (TPSA) is 66.4 Å². The van der Waals surface area contributed by atoms with E-state index in [1.54, 1.807) is 52.0 Å². The predicted octanol–water partition coefficient (Wildman–Crippen LogP) is 1.81. The van der Waals surface area contributed by atoms with Crippen molar-refractivity contribution in [3.05, 3.63) is 48.6 Å². The molecule has 0 aliphatic rings. The standard InChI is InChI=1S/C17H24O4.Sr/c1-6-10-16(11-7-2,14(18)19)17(12-8-3,13-9-4)15(20)21-5;/h6-13H,1-5H3,(H,18,19);/q;+2/p-1/b10-6+,11-7+,12-8+,13-9+;. The number of carboxylic acids is 1. The number of carboxylic acid groups (broad SMARTS) is 1. The molecule has 22 heavy (non-hydrogen) atoms. The predicted molar refractivity (Wildman–Crippen MR) is 86.9 cm³/mol. The van der Waals surface area contributed by atoms with Crippen LogP contribution in [0.15, 0.2) is 48.6 Å². The molecular weight excluding hydrogens is 356 g/mol. The SMILES string of the molecule is C/C=C/C(/C=C/C)(C(=O)[O-])C(/C=C/C)(/C=C/C)C(=O)OC.[Sr+2]. The van der Waals surface area contributed by atoms with Gasteiger partial charge in [0, 0.05) is 0 Å². The number of methoxy groups -OCH3 is 1. The summed E-state index contributed by atoms with van der Waals surface area (Å²) in [6.45, 7) is 6.81. The first-order chi connectivity index (χ1) is 9.92. The van der Waals surface area contributed by atoms with E-state index >= 15 is 0 Å². The van der Waals surface area contributed by atoms with Crippen LogP contribution in [0.25, 0.3) is 0 Å². The molecular formula is C17H23O4Sr+. The fourth-order valence-electron chi connectivity index (χ4n) is 2.49. The van der Waals surface area contributed by atoms with Crippen LogP contribution in [0, 0.1) is 10.8 Å². The molecule has 116 valence electrons. The molecule has 0 aliphatic carbocycles. The summed E-state index contributed by atoms with van der Waals surface area (Å²) in [4.78, 5) is 24.4. The molecule has 0 aliphatic heterocycles. The Kier molecular flexibility index (Phi) is 11.8. The van der Waals surface area contributed by atoms with Crippen molar-refractivity contribution < 1.29 is 19.4 Å². The van der Waals surface area contributed by atoms with E-state index in [1.165, 1.54) is 31.4 Å². The summed E-state index contributed by atoms with van der Waals surface area (Å²) < 4.78 is 4.87. The molecule has 0 amide bonds. The van der Waals surface area contributed by atoms with Crippen molar-refractivity contribution in [3.63, 3.8) is 0 Å². The van der Waals surface area contributed by atoms with E-state index in [2.05, 4.69) is 0 Å². The molecule has 0 heterocycles. The smallest absolute Gasteiger partial charge is 0.549 e. The van der Waals surface area contributed by atoms with Gasteiger partial charge in [-0.2, -0.15) is 0 Å². The summed E-state index contributed by atoms with van der Waals surface area (Å²) in [5.74, 6) is -2.04. The van der Waals surface area contributed by atoms with E-state index in [9.17, 15) is 14.7 Å². The average Bonchev–Trinajstić information content (AvgIpc) is 2.45. The quantitative estimate of drug-likeness (QED) is 0.385. The first-order valence-electron chi connectivity index (χ1n) is 6.77. The largest absolute Gasteiger partial charge is 2.00 e. The monoisotopic (exact) mass is 379 g/mol. The molecule has 0 radical (unpaired) electrons. The number of hydrogen-bond donors (Lipinski definition) is 0. The molecule has 0 saturated heterocycles. The van der Waals surface area contributed by atoms with Gasteiger partial charge in [-0.15, -0.1) is 0 Å². The van der Waals surface area contributed by atoms with E-state index in [0.29, 0.717) is 0 Å². The van der Waals surface area contributed by atoms with Gasteiger partial charge in [0.05, 0.1) is 18.5 Å². The second kappa shape index (κ2) is 11.0. The average molecular weight is 379 g/mol. The minimum Gasteiger partial charge on any atom is -0.549 e. The number of aliphatic carboxylic acids is 1. The second-order valence-corrected chi connectivity index (χ2v) is 4.52. The maximum Gasteiger partial charge on any atom is 2.00 e. The van der Waals surface area contributed by atoms with Crippen LogP contribution >= 0.6 is 0 Å². The molecule has 0 aromatic rings. The van der Waals surface area contributed by atoms with Crippen LogP contribution in [0.2, 0.25) is 0 Å². The van der Waals surface area contributed by atoms with Crippen molar-refractivity contribution in [3.8, 4) is 0 Å². The maximum atomic E-state index is 12.4. The zero-order chi connectivity index (χ0) is 16.5. The second-order valence-electron chi connectivity index (χ2n) is 4.52. The summed E-state index contributed by atoms with van der Waals surface area (Å²) in [6.07, 6.45) is 12.4. The number of carbonyl (C=O) groups excluding carboxylic acids is 2. The van der Waals surface area contributed by atoms with Crippen molar-refractivity contribution in [2.24, 2.45) is 10.8 Å². The molecule has 0 aromatic heterocycles. The summed E-state index contributed by atoms with van der Waals surface area (Å²) in [6, 6.07) is 0. The molecule has 0 rings (SSSR count). The van der Waals surface area contributed by atoms with Gasteiger partial charge in [-0.05, 0) is 27.7 Å². The fourth-order valence-corrected chi connectivity index (χ4v) is 2.49. The molecule has 0 bridgehead atoms. The zero-order valence-electron chi connectivity index (χ0n) is 14.0. The molecule has 0 aromatic carbocycles. The van der Waals surface area contributed by atoms with E-state index in [1.807, 2.05) is 0 Å². The number of ether oxygens (including phenoxy) is 1. The summed E-state index contributed by atoms with van der Waals surface area (Å²) in [7, 11) is 1.23. The van der Waals surface area contributed by atoms with Gasteiger partial charge in [-0.25, -0.2) is 0 Å². The van der Waals surface area contributed by atoms with Crippen molar-refractivity contribution in [2.45, 2.75) is 27.7 Å². The van der Waals surface area contributed by atoms with Crippen LogP contribution in [-0.4, -0.2) is 64.5 Å². The Morgan fingerprint density at radius 3 is 1.36 bits per heavy atom. The van der Waals surface area contributed by atoms with Gasteiger partial charge >= 0.3 is 51.5 Å².